The first-order valence-electron chi connectivity index (χ1n) is 5.18. The molecule has 0 N–H and O–H groups in total. The molecule has 1 saturated heterocycles. The van der Waals surface area contributed by atoms with Crippen LogP contribution in [-0.2, 0) is 0 Å². The molecule has 2 unspecified atom stereocenters. The van der Waals surface area contributed by atoms with E-state index in [1.807, 2.05) is 6.07 Å². The maximum Gasteiger partial charge on any atom is 0.225 e. The first-order valence-corrected chi connectivity index (χ1v) is 5.18. The highest BCUT2D eigenvalue weighted by Gasteiger charge is 2.27. The molecule has 1 aromatic rings. The standard InChI is InChI=1S/C11H14N4/c1-8-6-15(7-9(8)2)11-13-4-10(3-12)5-14-11/h4-5,8-9H,6-7H2,1-2H3. The van der Waals surface area contributed by atoms with E-state index < -0.39 is 0 Å². The number of nitrogens with zero attached hydrogens (tertiary/aromatic N) is 4. The maximum atomic E-state index is 8.63. The van der Waals surface area contributed by atoms with Gasteiger partial charge >= 0.3 is 0 Å². The summed E-state index contributed by atoms with van der Waals surface area (Å²) in [5.74, 6) is 2.11. The number of aromatic nitrogens is 2. The van der Waals surface area contributed by atoms with Gasteiger partial charge in [-0.15, -0.1) is 0 Å². The number of rotatable bonds is 1. The molecule has 15 heavy (non-hydrogen) atoms. The lowest BCUT2D eigenvalue weighted by atomic mass is 10.0. The van der Waals surface area contributed by atoms with Crippen LogP contribution < -0.4 is 4.90 Å². The van der Waals surface area contributed by atoms with Crippen LogP contribution in [0.4, 0.5) is 5.95 Å². The summed E-state index contributed by atoms with van der Waals surface area (Å²) in [6.07, 6.45) is 3.16. The van der Waals surface area contributed by atoms with E-state index in [9.17, 15) is 0 Å². The highest BCUT2D eigenvalue weighted by atomic mass is 15.3. The largest absolute Gasteiger partial charge is 0.340 e. The Hall–Kier alpha value is -1.63. The molecule has 1 fully saturated rings. The van der Waals surface area contributed by atoms with Crippen LogP contribution in [-0.4, -0.2) is 23.1 Å². The fourth-order valence-corrected chi connectivity index (χ4v) is 1.84. The van der Waals surface area contributed by atoms with Crippen LogP contribution in [0, 0.1) is 23.2 Å². The lowest BCUT2D eigenvalue weighted by Gasteiger charge is -2.14. The van der Waals surface area contributed by atoms with Crippen LogP contribution in [0.15, 0.2) is 12.4 Å². The summed E-state index contributed by atoms with van der Waals surface area (Å²) >= 11 is 0. The van der Waals surface area contributed by atoms with Crippen molar-refractivity contribution >= 4 is 5.95 Å². The van der Waals surface area contributed by atoms with E-state index in [4.69, 9.17) is 5.26 Å². The van der Waals surface area contributed by atoms with Gasteiger partial charge in [-0.1, -0.05) is 13.8 Å². The van der Waals surface area contributed by atoms with Crippen molar-refractivity contribution in [2.75, 3.05) is 18.0 Å². The third-order valence-corrected chi connectivity index (χ3v) is 3.04. The van der Waals surface area contributed by atoms with Gasteiger partial charge in [0.25, 0.3) is 0 Å². The van der Waals surface area contributed by atoms with Gasteiger partial charge in [-0.2, -0.15) is 5.26 Å². The van der Waals surface area contributed by atoms with Gasteiger partial charge in [0.1, 0.15) is 6.07 Å². The molecule has 0 aliphatic carbocycles. The Morgan fingerprint density at radius 2 is 1.80 bits per heavy atom. The first-order chi connectivity index (χ1) is 7.20. The minimum Gasteiger partial charge on any atom is -0.340 e. The predicted octanol–water partition coefficient (Wildman–Crippen LogP) is 1.44. The van der Waals surface area contributed by atoms with Crippen LogP contribution in [0.25, 0.3) is 0 Å². The Balaban J connectivity index is 2.14. The highest BCUT2D eigenvalue weighted by Crippen LogP contribution is 2.24. The van der Waals surface area contributed by atoms with Crippen molar-refractivity contribution in [2.24, 2.45) is 11.8 Å². The average molecular weight is 202 g/mol. The van der Waals surface area contributed by atoms with Gasteiger partial charge in [-0.3, -0.25) is 0 Å². The summed E-state index contributed by atoms with van der Waals surface area (Å²) < 4.78 is 0. The molecule has 0 radical (unpaired) electrons. The van der Waals surface area contributed by atoms with Gasteiger partial charge in [0.2, 0.25) is 5.95 Å². The van der Waals surface area contributed by atoms with E-state index in [1.165, 1.54) is 0 Å². The van der Waals surface area contributed by atoms with Crippen molar-refractivity contribution < 1.29 is 0 Å². The highest BCUT2D eigenvalue weighted by molar-refractivity contribution is 5.34. The molecule has 2 heterocycles. The summed E-state index contributed by atoms with van der Waals surface area (Å²) in [7, 11) is 0. The Kier molecular flexibility index (Phi) is 2.55. The van der Waals surface area contributed by atoms with E-state index in [-0.39, 0.29) is 0 Å². The van der Waals surface area contributed by atoms with E-state index in [0.717, 1.165) is 19.0 Å². The van der Waals surface area contributed by atoms with Crippen LogP contribution in [0.1, 0.15) is 19.4 Å². The Labute approximate surface area is 89.6 Å². The molecule has 0 bridgehead atoms. The van der Waals surface area contributed by atoms with Gasteiger partial charge < -0.3 is 4.90 Å². The molecule has 0 spiro atoms. The average Bonchev–Trinajstić information content (AvgIpc) is 2.59. The van der Waals surface area contributed by atoms with Crippen LogP contribution in [0.3, 0.4) is 0 Å². The summed E-state index contributed by atoms with van der Waals surface area (Å²) in [4.78, 5) is 10.6. The van der Waals surface area contributed by atoms with Crippen molar-refractivity contribution in [1.29, 1.82) is 5.26 Å². The molecule has 0 amide bonds. The predicted molar refractivity (Wildman–Crippen MR) is 57.3 cm³/mol. The maximum absolute atomic E-state index is 8.63. The Morgan fingerprint density at radius 3 is 2.27 bits per heavy atom. The molecular formula is C11H14N4. The van der Waals surface area contributed by atoms with Gasteiger partial charge in [0.05, 0.1) is 18.0 Å². The van der Waals surface area contributed by atoms with Crippen molar-refractivity contribution in [3.05, 3.63) is 18.0 Å². The zero-order chi connectivity index (χ0) is 10.8. The van der Waals surface area contributed by atoms with Gasteiger partial charge in [0, 0.05) is 13.1 Å². The number of hydrogen-bond donors (Lipinski definition) is 0. The second-order valence-corrected chi connectivity index (χ2v) is 4.24. The zero-order valence-electron chi connectivity index (χ0n) is 9.01. The van der Waals surface area contributed by atoms with Crippen LogP contribution >= 0.6 is 0 Å². The summed E-state index contributed by atoms with van der Waals surface area (Å²) in [5.41, 5.74) is 0.513. The molecule has 0 saturated carbocycles. The molecule has 78 valence electrons. The molecule has 1 aliphatic heterocycles. The molecule has 4 heteroatoms. The van der Waals surface area contributed by atoms with Crippen molar-refractivity contribution in [1.82, 2.24) is 9.97 Å². The second-order valence-electron chi connectivity index (χ2n) is 4.24. The summed E-state index contributed by atoms with van der Waals surface area (Å²) in [6, 6.07) is 2.02. The van der Waals surface area contributed by atoms with Crippen molar-refractivity contribution in [3.63, 3.8) is 0 Å². The normalized spacial score (nSPS) is 25.3. The van der Waals surface area contributed by atoms with Crippen LogP contribution in [0.2, 0.25) is 0 Å². The fraction of sp³-hybridized carbons (Fsp3) is 0.545. The molecule has 4 nitrogen and oxygen atoms in total. The second kappa shape index (κ2) is 3.85. The lowest BCUT2D eigenvalue weighted by Crippen LogP contribution is -2.21. The molecule has 1 aromatic heterocycles. The monoisotopic (exact) mass is 202 g/mol. The summed E-state index contributed by atoms with van der Waals surface area (Å²) in [5, 5.41) is 8.63. The van der Waals surface area contributed by atoms with E-state index in [1.54, 1.807) is 12.4 Å². The molecule has 0 aromatic carbocycles. The van der Waals surface area contributed by atoms with Crippen molar-refractivity contribution in [2.45, 2.75) is 13.8 Å². The lowest BCUT2D eigenvalue weighted by molar-refractivity contribution is 0.494. The van der Waals surface area contributed by atoms with E-state index in [2.05, 4.69) is 28.7 Å². The van der Waals surface area contributed by atoms with Gasteiger partial charge in [-0.05, 0) is 11.8 Å². The number of anilines is 1. The third kappa shape index (κ3) is 1.91. The Morgan fingerprint density at radius 1 is 1.27 bits per heavy atom. The minimum atomic E-state index is 0.513. The van der Waals surface area contributed by atoms with Gasteiger partial charge in [0.15, 0.2) is 0 Å². The van der Waals surface area contributed by atoms with Crippen LogP contribution in [0.5, 0.6) is 0 Å². The minimum absolute atomic E-state index is 0.513. The molecule has 1 aliphatic rings. The molecule has 2 atom stereocenters. The quantitative estimate of drug-likeness (QED) is 0.691. The smallest absolute Gasteiger partial charge is 0.225 e. The zero-order valence-corrected chi connectivity index (χ0v) is 9.01. The number of hydrogen-bond acceptors (Lipinski definition) is 4. The van der Waals surface area contributed by atoms with Crippen molar-refractivity contribution in [3.8, 4) is 6.07 Å². The molecular weight excluding hydrogens is 188 g/mol. The third-order valence-electron chi connectivity index (χ3n) is 3.04. The first kappa shape index (κ1) is 9.91. The fourth-order valence-electron chi connectivity index (χ4n) is 1.84. The van der Waals surface area contributed by atoms with E-state index >= 15 is 0 Å². The SMILES string of the molecule is CC1CN(c2ncc(C#N)cn2)CC1C. The topological polar surface area (TPSA) is 52.8 Å². The number of nitriles is 1. The van der Waals surface area contributed by atoms with E-state index in [0.29, 0.717) is 17.4 Å². The molecule has 2 rings (SSSR count). The summed E-state index contributed by atoms with van der Waals surface area (Å²) in [6.45, 7) is 6.50. The Bertz CT molecular complexity index is 369. The van der Waals surface area contributed by atoms with Gasteiger partial charge in [-0.25, -0.2) is 9.97 Å².